The molecule has 0 aromatic heterocycles. The van der Waals surface area contributed by atoms with Crippen molar-refractivity contribution in [1.82, 2.24) is 10.2 Å². The van der Waals surface area contributed by atoms with E-state index >= 15 is 0 Å². The van der Waals surface area contributed by atoms with Crippen molar-refractivity contribution >= 4 is 5.91 Å². The Bertz CT molecular complexity index is 694. The summed E-state index contributed by atoms with van der Waals surface area (Å²) in [4.78, 5) is 14.8. The van der Waals surface area contributed by atoms with Crippen LogP contribution in [0.4, 0.5) is 0 Å². The number of amides is 1. The van der Waals surface area contributed by atoms with E-state index in [1.54, 1.807) is 6.07 Å². The molecule has 0 radical (unpaired) electrons. The summed E-state index contributed by atoms with van der Waals surface area (Å²) in [6, 6.07) is 17.6. The number of phenols is 1. The number of rotatable bonds is 5. The number of likely N-dealkylation sites (tertiary alicyclic amines) is 1. The summed E-state index contributed by atoms with van der Waals surface area (Å²) in [6.07, 6.45) is 1.72. The molecule has 0 saturated carbocycles. The maximum Gasteiger partial charge on any atom is 0.223 e. The van der Waals surface area contributed by atoms with E-state index in [1.165, 1.54) is 0 Å². The van der Waals surface area contributed by atoms with Gasteiger partial charge in [-0.3, -0.25) is 9.69 Å². The van der Waals surface area contributed by atoms with Crippen molar-refractivity contribution in [3.8, 4) is 5.75 Å². The number of carbonyl (C=O) groups is 1. The quantitative estimate of drug-likeness (QED) is 0.877. The van der Waals surface area contributed by atoms with Gasteiger partial charge >= 0.3 is 0 Å². The molecule has 25 heavy (non-hydrogen) atoms. The number of phenolic OH excluding ortho intramolecular Hbond substituents is 1. The second-order valence-electron chi connectivity index (χ2n) is 6.82. The van der Waals surface area contributed by atoms with E-state index in [9.17, 15) is 9.90 Å². The van der Waals surface area contributed by atoms with Crippen LogP contribution in [0, 0.1) is 5.92 Å². The van der Waals surface area contributed by atoms with Crippen LogP contribution in [0.1, 0.15) is 36.9 Å². The van der Waals surface area contributed by atoms with Gasteiger partial charge in [-0.2, -0.15) is 0 Å². The van der Waals surface area contributed by atoms with E-state index in [0.717, 1.165) is 43.6 Å². The molecule has 1 amide bonds. The predicted molar refractivity (Wildman–Crippen MR) is 99.1 cm³/mol. The Morgan fingerprint density at radius 3 is 2.44 bits per heavy atom. The molecule has 1 aliphatic rings. The van der Waals surface area contributed by atoms with Gasteiger partial charge in [0.1, 0.15) is 5.75 Å². The molecule has 2 aromatic carbocycles. The first-order chi connectivity index (χ1) is 12.1. The number of aromatic hydroxyl groups is 1. The molecule has 0 spiro atoms. The summed E-state index contributed by atoms with van der Waals surface area (Å²) >= 11 is 0. The van der Waals surface area contributed by atoms with Crippen LogP contribution in [-0.4, -0.2) is 29.0 Å². The number of benzene rings is 2. The summed E-state index contributed by atoms with van der Waals surface area (Å²) in [5, 5.41) is 13.0. The van der Waals surface area contributed by atoms with Gasteiger partial charge in [-0.15, -0.1) is 0 Å². The van der Waals surface area contributed by atoms with E-state index in [-0.39, 0.29) is 17.9 Å². The second kappa shape index (κ2) is 8.17. The second-order valence-corrected chi connectivity index (χ2v) is 6.82. The Morgan fingerprint density at radius 1 is 1.12 bits per heavy atom. The van der Waals surface area contributed by atoms with Crippen molar-refractivity contribution in [2.24, 2.45) is 5.92 Å². The third kappa shape index (κ3) is 4.60. The van der Waals surface area contributed by atoms with Gasteiger partial charge in [-0.1, -0.05) is 48.5 Å². The van der Waals surface area contributed by atoms with Crippen molar-refractivity contribution in [2.45, 2.75) is 32.4 Å². The Kier molecular flexibility index (Phi) is 5.71. The zero-order valence-corrected chi connectivity index (χ0v) is 14.7. The van der Waals surface area contributed by atoms with Crippen LogP contribution in [0.5, 0.6) is 5.75 Å². The number of hydrogen-bond acceptors (Lipinski definition) is 3. The fourth-order valence-corrected chi connectivity index (χ4v) is 3.39. The smallest absolute Gasteiger partial charge is 0.223 e. The van der Waals surface area contributed by atoms with Crippen LogP contribution in [0.25, 0.3) is 0 Å². The molecule has 1 fully saturated rings. The zero-order chi connectivity index (χ0) is 17.6. The highest BCUT2D eigenvalue weighted by molar-refractivity contribution is 5.79. The molecule has 0 aliphatic carbocycles. The van der Waals surface area contributed by atoms with Gasteiger partial charge in [0.2, 0.25) is 5.91 Å². The molecule has 4 heteroatoms. The number of hydrogen-bond donors (Lipinski definition) is 2. The molecule has 1 aliphatic heterocycles. The SMILES string of the molecule is CC(NC(=O)C1CCN(Cc2ccccc2O)CC1)c1ccccc1. The predicted octanol–water partition coefficient (Wildman–Crippen LogP) is 3.48. The Balaban J connectivity index is 1.48. The summed E-state index contributed by atoms with van der Waals surface area (Å²) in [7, 11) is 0. The Hall–Kier alpha value is -2.33. The highest BCUT2D eigenvalue weighted by Gasteiger charge is 2.26. The molecule has 2 aromatic rings. The maximum atomic E-state index is 12.5. The lowest BCUT2D eigenvalue weighted by Gasteiger charge is -2.32. The minimum Gasteiger partial charge on any atom is -0.508 e. The van der Waals surface area contributed by atoms with Gasteiger partial charge in [0.25, 0.3) is 0 Å². The molecule has 4 nitrogen and oxygen atoms in total. The molecule has 1 unspecified atom stereocenters. The van der Waals surface area contributed by atoms with Crippen LogP contribution in [0.3, 0.4) is 0 Å². The van der Waals surface area contributed by atoms with E-state index in [1.807, 2.05) is 55.5 Å². The van der Waals surface area contributed by atoms with Crippen molar-refractivity contribution in [1.29, 1.82) is 0 Å². The van der Waals surface area contributed by atoms with Crippen LogP contribution in [0.2, 0.25) is 0 Å². The van der Waals surface area contributed by atoms with E-state index in [2.05, 4.69) is 10.2 Å². The van der Waals surface area contributed by atoms with Crippen molar-refractivity contribution < 1.29 is 9.90 Å². The topological polar surface area (TPSA) is 52.6 Å². The lowest BCUT2D eigenvalue weighted by atomic mass is 9.94. The molecule has 1 heterocycles. The van der Waals surface area contributed by atoms with E-state index in [0.29, 0.717) is 5.75 Å². The molecule has 132 valence electrons. The Morgan fingerprint density at radius 2 is 1.76 bits per heavy atom. The van der Waals surface area contributed by atoms with Crippen molar-refractivity contribution in [3.63, 3.8) is 0 Å². The number of nitrogens with one attached hydrogen (secondary N) is 1. The maximum absolute atomic E-state index is 12.5. The van der Waals surface area contributed by atoms with E-state index < -0.39 is 0 Å². The highest BCUT2D eigenvalue weighted by Crippen LogP contribution is 2.23. The number of para-hydroxylation sites is 1. The third-order valence-corrected chi connectivity index (χ3v) is 5.00. The summed E-state index contributed by atoms with van der Waals surface area (Å²) in [6.45, 7) is 4.53. The number of piperidine rings is 1. The van der Waals surface area contributed by atoms with Crippen LogP contribution in [0.15, 0.2) is 54.6 Å². The number of carbonyl (C=O) groups excluding carboxylic acids is 1. The van der Waals surface area contributed by atoms with Gasteiger partial charge < -0.3 is 10.4 Å². The normalized spacial score (nSPS) is 17.2. The average Bonchev–Trinajstić information content (AvgIpc) is 2.65. The minimum atomic E-state index is 0.0352. The lowest BCUT2D eigenvalue weighted by molar-refractivity contribution is -0.127. The highest BCUT2D eigenvalue weighted by atomic mass is 16.3. The van der Waals surface area contributed by atoms with E-state index in [4.69, 9.17) is 0 Å². The standard InChI is InChI=1S/C21H26N2O2/c1-16(17-7-3-2-4-8-17)22-21(25)18-11-13-23(14-12-18)15-19-9-5-6-10-20(19)24/h2-10,16,18,24H,11-15H2,1H3,(H,22,25). The zero-order valence-electron chi connectivity index (χ0n) is 14.7. The third-order valence-electron chi connectivity index (χ3n) is 5.00. The minimum absolute atomic E-state index is 0.0352. The molecule has 1 saturated heterocycles. The van der Waals surface area contributed by atoms with Crippen LogP contribution >= 0.6 is 0 Å². The molecule has 3 rings (SSSR count). The first-order valence-electron chi connectivity index (χ1n) is 8.98. The molecule has 1 atom stereocenters. The molecular formula is C21H26N2O2. The molecule has 2 N–H and O–H groups in total. The van der Waals surface area contributed by atoms with Crippen molar-refractivity contribution in [2.75, 3.05) is 13.1 Å². The molecular weight excluding hydrogens is 312 g/mol. The van der Waals surface area contributed by atoms with Crippen LogP contribution < -0.4 is 5.32 Å². The van der Waals surface area contributed by atoms with Crippen molar-refractivity contribution in [3.05, 3.63) is 65.7 Å². The summed E-state index contributed by atoms with van der Waals surface area (Å²) < 4.78 is 0. The summed E-state index contributed by atoms with van der Waals surface area (Å²) in [5.74, 6) is 0.574. The van der Waals surface area contributed by atoms with Gasteiger partial charge in [0.05, 0.1) is 6.04 Å². The van der Waals surface area contributed by atoms with Crippen LogP contribution in [-0.2, 0) is 11.3 Å². The van der Waals surface area contributed by atoms with Gasteiger partial charge in [0.15, 0.2) is 0 Å². The fourth-order valence-electron chi connectivity index (χ4n) is 3.39. The first-order valence-corrected chi connectivity index (χ1v) is 8.98. The monoisotopic (exact) mass is 338 g/mol. The molecule has 0 bridgehead atoms. The average molecular weight is 338 g/mol. The number of nitrogens with zero attached hydrogens (tertiary/aromatic N) is 1. The lowest BCUT2D eigenvalue weighted by Crippen LogP contribution is -2.40. The largest absolute Gasteiger partial charge is 0.508 e. The Labute approximate surface area is 149 Å². The van der Waals surface area contributed by atoms with Gasteiger partial charge in [-0.05, 0) is 44.5 Å². The summed E-state index contributed by atoms with van der Waals surface area (Å²) in [5.41, 5.74) is 2.08. The van der Waals surface area contributed by atoms with Gasteiger partial charge in [-0.25, -0.2) is 0 Å². The first kappa shape index (κ1) is 17.5. The fraction of sp³-hybridized carbons (Fsp3) is 0.381. The van der Waals surface area contributed by atoms with Gasteiger partial charge in [0, 0.05) is 18.0 Å².